The van der Waals surface area contributed by atoms with E-state index in [0.717, 1.165) is 8.26 Å². The lowest BCUT2D eigenvalue weighted by molar-refractivity contribution is -0.147. The lowest BCUT2D eigenvalue weighted by Crippen LogP contribution is -2.52. The summed E-state index contributed by atoms with van der Waals surface area (Å²) in [7, 11) is 0. The molecule has 1 rings (SSSR count). The van der Waals surface area contributed by atoms with Gasteiger partial charge in [0.25, 0.3) is 5.91 Å². The number of thiophene rings is 1. The molecule has 0 aliphatic rings. The van der Waals surface area contributed by atoms with Gasteiger partial charge >= 0.3 is 5.97 Å². The zero-order chi connectivity index (χ0) is 14.1. The molecular formula is C11H13Br2NO3S. The minimum atomic E-state index is -1.23. The van der Waals surface area contributed by atoms with Crippen LogP contribution in [0.15, 0.2) is 14.3 Å². The van der Waals surface area contributed by atoms with Crippen molar-refractivity contribution in [2.45, 2.75) is 26.3 Å². The summed E-state index contributed by atoms with van der Waals surface area (Å²) in [5.41, 5.74) is -1.23. The highest BCUT2D eigenvalue weighted by Crippen LogP contribution is 2.33. The maximum absolute atomic E-state index is 12.3. The van der Waals surface area contributed by atoms with Gasteiger partial charge in [0.05, 0.1) is 8.66 Å². The van der Waals surface area contributed by atoms with E-state index in [1.165, 1.54) is 30.1 Å². The highest BCUT2D eigenvalue weighted by molar-refractivity contribution is 9.13. The van der Waals surface area contributed by atoms with Crippen LogP contribution in [-0.2, 0) is 4.79 Å². The van der Waals surface area contributed by atoms with Gasteiger partial charge in [0.1, 0.15) is 5.54 Å². The minimum Gasteiger partial charge on any atom is -0.480 e. The first-order chi connectivity index (χ1) is 8.21. The normalized spacial score (nSPS) is 11.4. The molecule has 4 nitrogen and oxygen atoms in total. The third-order valence-electron chi connectivity index (χ3n) is 2.62. The Bertz CT molecular complexity index is 465. The first-order valence-electron chi connectivity index (χ1n) is 5.22. The van der Waals surface area contributed by atoms with Crippen LogP contribution in [0.5, 0.6) is 0 Å². The maximum Gasteiger partial charge on any atom is 0.329 e. The van der Waals surface area contributed by atoms with Crippen LogP contribution in [0.2, 0.25) is 0 Å². The molecule has 7 heteroatoms. The Morgan fingerprint density at radius 3 is 2.33 bits per heavy atom. The molecule has 0 radical (unpaired) electrons. The molecule has 0 saturated heterocycles. The molecule has 0 atom stereocenters. The Morgan fingerprint density at radius 1 is 1.44 bits per heavy atom. The van der Waals surface area contributed by atoms with E-state index in [-0.39, 0.29) is 5.91 Å². The van der Waals surface area contributed by atoms with Crippen LogP contribution in [0, 0.1) is 0 Å². The predicted molar refractivity (Wildman–Crippen MR) is 78.1 cm³/mol. The van der Waals surface area contributed by atoms with Gasteiger partial charge in [-0.2, -0.15) is 0 Å². The van der Waals surface area contributed by atoms with Crippen molar-refractivity contribution < 1.29 is 14.7 Å². The molecule has 0 bridgehead atoms. The van der Waals surface area contributed by atoms with Crippen molar-refractivity contribution in [3.63, 3.8) is 0 Å². The van der Waals surface area contributed by atoms with Gasteiger partial charge in [-0.25, -0.2) is 4.79 Å². The highest BCUT2D eigenvalue weighted by atomic mass is 79.9. The number of carboxylic acids is 1. The Hall–Kier alpha value is -0.400. The molecule has 0 aliphatic heterocycles. The summed E-state index contributed by atoms with van der Waals surface area (Å²) in [4.78, 5) is 25.4. The Kier molecular flexibility index (Phi) is 4.97. The quantitative estimate of drug-likeness (QED) is 0.842. The molecular weight excluding hydrogens is 386 g/mol. The number of hydrogen-bond donors (Lipinski definition) is 1. The van der Waals surface area contributed by atoms with E-state index in [1.54, 1.807) is 13.0 Å². The average molecular weight is 399 g/mol. The number of carbonyl (C=O) groups excluding carboxylic acids is 1. The van der Waals surface area contributed by atoms with Crippen molar-refractivity contribution in [1.29, 1.82) is 0 Å². The number of aliphatic carboxylic acids is 1. The summed E-state index contributed by atoms with van der Waals surface area (Å²) in [6.07, 6.45) is 0. The lowest BCUT2D eigenvalue weighted by Gasteiger charge is -2.33. The fraction of sp³-hybridized carbons (Fsp3) is 0.455. The van der Waals surface area contributed by atoms with Crippen LogP contribution in [0.25, 0.3) is 0 Å². The molecule has 1 amide bonds. The fourth-order valence-corrected chi connectivity index (χ4v) is 3.48. The summed E-state index contributed by atoms with van der Waals surface area (Å²) in [5, 5.41) is 9.19. The maximum atomic E-state index is 12.3. The Labute approximate surface area is 126 Å². The molecule has 1 aromatic heterocycles. The van der Waals surface area contributed by atoms with Crippen LogP contribution in [0.4, 0.5) is 0 Å². The van der Waals surface area contributed by atoms with Gasteiger partial charge < -0.3 is 10.0 Å². The monoisotopic (exact) mass is 397 g/mol. The second-order valence-corrected chi connectivity index (χ2v) is 7.37. The molecule has 0 spiro atoms. The number of hydrogen-bond acceptors (Lipinski definition) is 3. The first-order valence-corrected chi connectivity index (χ1v) is 7.62. The molecule has 0 aliphatic carbocycles. The van der Waals surface area contributed by atoms with Crippen molar-refractivity contribution in [2.24, 2.45) is 0 Å². The van der Waals surface area contributed by atoms with Gasteiger partial charge in [0.2, 0.25) is 0 Å². The molecule has 0 fully saturated rings. The Morgan fingerprint density at radius 2 is 2.00 bits per heavy atom. The second-order valence-electron chi connectivity index (χ2n) is 4.15. The van der Waals surface area contributed by atoms with Gasteiger partial charge in [-0.3, -0.25) is 4.79 Å². The minimum absolute atomic E-state index is 0.277. The number of halogens is 2. The number of carbonyl (C=O) groups is 2. The number of likely N-dealkylation sites (N-methyl/N-ethyl adjacent to an activating group) is 1. The third kappa shape index (κ3) is 2.95. The summed E-state index contributed by atoms with van der Waals surface area (Å²) >= 11 is 7.91. The van der Waals surface area contributed by atoms with Crippen molar-refractivity contribution >= 4 is 55.1 Å². The standard InChI is InChI=1S/C11H13Br2NO3S/c1-4-14(11(2,3)10(16)17)9(15)7-5-6(12)8(13)18-7/h5H,4H2,1-3H3,(H,16,17). The largest absolute Gasteiger partial charge is 0.480 e. The molecule has 1 aromatic rings. The smallest absolute Gasteiger partial charge is 0.329 e. The van der Waals surface area contributed by atoms with Gasteiger partial charge in [-0.1, -0.05) is 0 Å². The van der Waals surface area contributed by atoms with Crippen LogP contribution >= 0.6 is 43.2 Å². The topological polar surface area (TPSA) is 57.6 Å². The van der Waals surface area contributed by atoms with E-state index in [2.05, 4.69) is 31.9 Å². The summed E-state index contributed by atoms with van der Waals surface area (Å²) in [6.45, 7) is 5.15. The molecule has 1 N–H and O–H groups in total. The van der Waals surface area contributed by atoms with Crippen LogP contribution in [-0.4, -0.2) is 34.0 Å². The van der Waals surface area contributed by atoms with Crippen LogP contribution < -0.4 is 0 Å². The van der Waals surface area contributed by atoms with E-state index in [1.807, 2.05) is 0 Å². The summed E-state index contributed by atoms with van der Waals surface area (Å²) < 4.78 is 1.61. The van der Waals surface area contributed by atoms with E-state index in [9.17, 15) is 14.7 Å². The molecule has 1 heterocycles. The molecule has 100 valence electrons. The molecule has 0 unspecified atom stereocenters. The zero-order valence-corrected chi connectivity index (χ0v) is 14.1. The number of amides is 1. The van der Waals surface area contributed by atoms with Crippen LogP contribution in [0.3, 0.4) is 0 Å². The molecule has 0 saturated carbocycles. The van der Waals surface area contributed by atoms with Crippen LogP contribution in [0.1, 0.15) is 30.4 Å². The predicted octanol–water partition coefficient (Wildman–Crippen LogP) is 3.60. The van der Waals surface area contributed by atoms with E-state index < -0.39 is 11.5 Å². The van der Waals surface area contributed by atoms with Crippen molar-refractivity contribution in [3.05, 3.63) is 19.2 Å². The van der Waals surface area contributed by atoms with Gasteiger partial charge in [-0.15, -0.1) is 11.3 Å². The van der Waals surface area contributed by atoms with Crippen molar-refractivity contribution in [3.8, 4) is 0 Å². The molecule has 18 heavy (non-hydrogen) atoms. The lowest BCUT2D eigenvalue weighted by atomic mass is 10.0. The Balaban J connectivity index is 3.10. The van der Waals surface area contributed by atoms with Gasteiger partial charge in [0, 0.05) is 11.0 Å². The van der Waals surface area contributed by atoms with Crippen molar-refractivity contribution in [1.82, 2.24) is 4.90 Å². The average Bonchev–Trinajstić information content (AvgIpc) is 2.59. The van der Waals surface area contributed by atoms with E-state index >= 15 is 0 Å². The zero-order valence-electron chi connectivity index (χ0n) is 10.2. The van der Waals surface area contributed by atoms with Gasteiger partial charge in [0.15, 0.2) is 0 Å². The SMILES string of the molecule is CCN(C(=O)c1cc(Br)c(Br)s1)C(C)(C)C(=O)O. The number of carboxylic acid groups (broad SMARTS) is 1. The van der Waals surface area contributed by atoms with E-state index in [0.29, 0.717) is 11.4 Å². The number of rotatable bonds is 4. The molecule has 0 aromatic carbocycles. The van der Waals surface area contributed by atoms with Crippen molar-refractivity contribution in [2.75, 3.05) is 6.54 Å². The number of nitrogens with zero attached hydrogens (tertiary/aromatic N) is 1. The van der Waals surface area contributed by atoms with E-state index in [4.69, 9.17) is 0 Å². The fourth-order valence-electron chi connectivity index (χ4n) is 1.49. The van der Waals surface area contributed by atoms with Gasteiger partial charge in [-0.05, 0) is 58.7 Å². The summed E-state index contributed by atoms with van der Waals surface area (Å²) in [5.74, 6) is -1.30. The highest BCUT2D eigenvalue weighted by Gasteiger charge is 2.37. The first kappa shape index (κ1) is 15.7. The summed E-state index contributed by atoms with van der Waals surface area (Å²) in [6, 6.07) is 1.69. The second kappa shape index (κ2) is 5.71. The third-order valence-corrected chi connectivity index (χ3v) is 5.86.